The summed E-state index contributed by atoms with van der Waals surface area (Å²) in [6.45, 7) is 8.54. The first-order valence-corrected chi connectivity index (χ1v) is 5.44. The van der Waals surface area contributed by atoms with Crippen LogP contribution in [-0.2, 0) is 6.42 Å². The first kappa shape index (κ1) is 11.8. The van der Waals surface area contributed by atoms with Crippen LogP contribution in [0.2, 0.25) is 0 Å². The van der Waals surface area contributed by atoms with Gasteiger partial charge in [0.25, 0.3) is 0 Å². The average molecular weight is 200 g/mol. The topological polar surface area (TPSA) is 0 Å². The van der Waals surface area contributed by atoms with Gasteiger partial charge in [-0.1, -0.05) is 53.1 Å². The Morgan fingerprint density at radius 2 is 1.60 bits per heavy atom. The molecule has 0 spiro atoms. The van der Waals surface area contributed by atoms with Gasteiger partial charge in [-0.05, 0) is 39.7 Å². The van der Waals surface area contributed by atoms with Gasteiger partial charge in [0.15, 0.2) is 0 Å². The molecule has 0 heterocycles. The van der Waals surface area contributed by atoms with Gasteiger partial charge in [0.2, 0.25) is 0 Å². The lowest BCUT2D eigenvalue weighted by Crippen LogP contribution is -1.86. The zero-order valence-electron chi connectivity index (χ0n) is 10.2. The van der Waals surface area contributed by atoms with Crippen molar-refractivity contribution in [2.24, 2.45) is 0 Å². The van der Waals surface area contributed by atoms with Crippen LogP contribution in [0.4, 0.5) is 0 Å². The van der Waals surface area contributed by atoms with Gasteiger partial charge in [-0.15, -0.1) is 0 Å². The van der Waals surface area contributed by atoms with E-state index < -0.39 is 0 Å². The van der Waals surface area contributed by atoms with Gasteiger partial charge < -0.3 is 0 Å². The first-order valence-electron chi connectivity index (χ1n) is 5.44. The van der Waals surface area contributed by atoms with Crippen LogP contribution < -0.4 is 0 Å². The highest BCUT2D eigenvalue weighted by molar-refractivity contribution is 5.26. The smallest absolute Gasteiger partial charge is 0.00668 e. The standard InChI is InChI=1S/C15H20/c1-12(2)5-6-14(4)11-15-9-7-13(3)8-10-15/h5-10H,11H2,1-4H3/b14-6+. The molecule has 1 aromatic carbocycles. The molecule has 0 saturated carbocycles. The molecule has 0 bridgehead atoms. The lowest BCUT2D eigenvalue weighted by atomic mass is 10.0. The Morgan fingerprint density at radius 3 is 2.13 bits per heavy atom. The SMILES string of the molecule is CC(C)=C/C=C(\C)Cc1ccc(C)cc1. The molecule has 0 nitrogen and oxygen atoms in total. The van der Waals surface area contributed by atoms with Gasteiger partial charge >= 0.3 is 0 Å². The van der Waals surface area contributed by atoms with E-state index in [1.54, 1.807) is 0 Å². The van der Waals surface area contributed by atoms with Gasteiger partial charge in [0.05, 0.1) is 0 Å². The Balaban J connectivity index is 2.66. The van der Waals surface area contributed by atoms with Crippen LogP contribution in [0.3, 0.4) is 0 Å². The molecule has 0 amide bonds. The molecule has 80 valence electrons. The minimum atomic E-state index is 1.05. The van der Waals surface area contributed by atoms with Gasteiger partial charge in [-0.2, -0.15) is 0 Å². The summed E-state index contributed by atoms with van der Waals surface area (Å²) in [5.74, 6) is 0. The predicted octanol–water partition coefficient (Wildman–Crippen LogP) is 4.45. The molecular formula is C15H20. The van der Waals surface area contributed by atoms with Gasteiger partial charge in [0.1, 0.15) is 0 Å². The van der Waals surface area contributed by atoms with Crippen molar-refractivity contribution < 1.29 is 0 Å². The molecular weight excluding hydrogens is 180 g/mol. The van der Waals surface area contributed by atoms with Gasteiger partial charge in [-0.3, -0.25) is 0 Å². The van der Waals surface area contributed by atoms with E-state index in [0.717, 1.165) is 6.42 Å². The highest BCUT2D eigenvalue weighted by Crippen LogP contribution is 2.09. The maximum absolute atomic E-state index is 2.20. The quantitative estimate of drug-likeness (QED) is 0.632. The molecule has 0 aliphatic rings. The molecule has 0 aromatic heterocycles. The second-order valence-corrected chi connectivity index (χ2v) is 4.42. The van der Waals surface area contributed by atoms with Crippen molar-refractivity contribution in [2.75, 3.05) is 0 Å². The van der Waals surface area contributed by atoms with Crippen molar-refractivity contribution in [3.8, 4) is 0 Å². The molecule has 1 rings (SSSR count). The molecule has 0 saturated heterocycles. The number of benzene rings is 1. The molecule has 0 radical (unpaired) electrons. The monoisotopic (exact) mass is 200 g/mol. The van der Waals surface area contributed by atoms with Crippen molar-refractivity contribution in [1.29, 1.82) is 0 Å². The van der Waals surface area contributed by atoms with E-state index in [0.29, 0.717) is 0 Å². The Bertz CT molecular complexity index is 360. The molecule has 1 aromatic rings. The zero-order valence-corrected chi connectivity index (χ0v) is 10.2. The Kier molecular flexibility index (Phi) is 4.36. The number of hydrogen-bond donors (Lipinski definition) is 0. The van der Waals surface area contributed by atoms with E-state index in [2.05, 4.69) is 64.1 Å². The van der Waals surface area contributed by atoms with Gasteiger partial charge in [0, 0.05) is 0 Å². The van der Waals surface area contributed by atoms with Crippen LogP contribution in [0.15, 0.2) is 47.6 Å². The highest BCUT2D eigenvalue weighted by Gasteiger charge is 1.93. The minimum absolute atomic E-state index is 1.05. The summed E-state index contributed by atoms with van der Waals surface area (Å²) in [6.07, 6.45) is 5.42. The Morgan fingerprint density at radius 1 is 1.00 bits per heavy atom. The van der Waals surface area contributed by atoms with Crippen LogP contribution in [0.5, 0.6) is 0 Å². The largest absolute Gasteiger partial charge is 0.0764 e. The maximum Gasteiger partial charge on any atom is -0.00668 e. The minimum Gasteiger partial charge on any atom is -0.0764 e. The number of rotatable bonds is 3. The van der Waals surface area contributed by atoms with E-state index in [1.165, 1.54) is 22.3 Å². The third kappa shape index (κ3) is 4.64. The second kappa shape index (κ2) is 5.55. The van der Waals surface area contributed by atoms with Crippen LogP contribution in [0.1, 0.15) is 31.9 Å². The molecule has 0 heteroatoms. The molecule has 0 atom stereocenters. The Hall–Kier alpha value is -1.30. The molecule has 0 aliphatic carbocycles. The third-order valence-electron chi connectivity index (χ3n) is 2.30. The van der Waals surface area contributed by atoms with E-state index >= 15 is 0 Å². The molecule has 0 unspecified atom stereocenters. The summed E-state index contributed by atoms with van der Waals surface area (Å²) in [5.41, 5.74) is 5.46. The molecule has 0 fully saturated rings. The summed E-state index contributed by atoms with van der Waals surface area (Å²) in [5, 5.41) is 0. The fourth-order valence-corrected chi connectivity index (χ4v) is 1.40. The number of allylic oxidation sites excluding steroid dienone is 4. The van der Waals surface area contributed by atoms with Crippen LogP contribution in [0, 0.1) is 6.92 Å². The normalized spacial score (nSPS) is 11.3. The third-order valence-corrected chi connectivity index (χ3v) is 2.30. The number of aryl methyl sites for hydroxylation is 1. The average Bonchev–Trinajstić information content (AvgIpc) is 2.19. The van der Waals surface area contributed by atoms with Crippen molar-refractivity contribution in [3.05, 3.63) is 58.7 Å². The van der Waals surface area contributed by atoms with Crippen molar-refractivity contribution in [1.82, 2.24) is 0 Å². The predicted molar refractivity (Wildman–Crippen MR) is 68.1 cm³/mol. The second-order valence-electron chi connectivity index (χ2n) is 4.42. The van der Waals surface area contributed by atoms with Crippen molar-refractivity contribution >= 4 is 0 Å². The summed E-state index contributed by atoms with van der Waals surface area (Å²) < 4.78 is 0. The zero-order chi connectivity index (χ0) is 11.3. The van der Waals surface area contributed by atoms with E-state index in [9.17, 15) is 0 Å². The molecule has 0 aliphatic heterocycles. The van der Waals surface area contributed by atoms with Crippen LogP contribution >= 0.6 is 0 Å². The lowest BCUT2D eigenvalue weighted by molar-refractivity contribution is 1.14. The summed E-state index contributed by atoms with van der Waals surface area (Å²) in [6, 6.07) is 8.75. The maximum atomic E-state index is 2.20. The van der Waals surface area contributed by atoms with Gasteiger partial charge in [-0.25, -0.2) is 0 Å². The highest BCUT2D eigenvalue weighted by atomic mass is 14.0. The fourth-order valence-electron chi connectivity index (χ4n) is 1.40. The lowest BCUT2D eigenvalue weighted by Gasteiger charge is -2.01. The Labute approximate surface area is 93.3 Å². The number of hydrogen-bond acceptors (Lipinski definition) is 0. The summed E-state index contributed by atoms with van der Waals surface area (Å²) in [4.78, 5) is 0. The van der Waals surface area contributed by atoms with Crippen molar-refractivity contribution in [2.45, 2.75) is 34.1 Å². The molecule has 15 heavy (non-hydrogen) atoms. The van der Waals surface area contributed by atoms with Crippen molar-refractivity contribution in [3.63, 3.8) is 0 Å². The summed E-state index contributed by atoms with van der Waals surface area (Å²) >= 11 is 0. The molecule has 0 N–H and O–H groups in total. The fraction of sp³-hybridized carbons (Fsp3) is 0.333. The van der Waals surface area contributed by atoms with E-state index in [1.807, 2.05) is 0 Å². The van der Waals surface area contributed by atoms with Crippen LogP contribution in [0.25, 0.3) is 0 Å². The summed E-state index contributed by atoms with van der Waals surface area (Å²) in [7, 11) is 0. The van der Waals surface area contributed by atoms with Crippen LogP contribution in [-0.4, -0.2) is 0 Å². The van der Waals surface area contributed by atoms with E-state index in [4.69, 9.17) is 0 Å². The van der Waals surface area contributed by atoms with E-state index in [-0.39, 0.29) is 0 Å². The first-order chi connectivity index (χ1) is 7.08.